The van der Waals surface area contributed by atoms with Gasteiger partial charge in [-0.3, -0.25) is 4.79 Å². The highest BCUT2D eigenvalue weighted by atomic mass is 16.5. The highest BCUT2D eigenvalue weighted by Crippen LogP contribution is 2.20. The van der Waals surface area contributed by atoms with Gasteiger partial charge >= 0.3 is 0 Å². The van der Waals surface area contributed by atoms with Gasteiger partial charge in [-0.15, -0.1) is 0 Å². The van der Waals surface area contributed by atoms with E-state index in [4.69, 9.17) is 10.00 Å². The molecule has 100 valence electrons. The van der Waals surface area contributed by atoms with Crippen LogP contribution in [0.15, 0.2) is 18.2 Å². The summed E-state index contributed by atoms with van der Waals surface area (Å²) in [7, 11) is 0. The molecule has 1 atom stereocenters. The van der Waals surface area contributed by atoms with Gasteiger partial charge in [0.05, 0.1) is 17.7 Å². The van der Waals surface area contributed by atoms with Crippen LogP contribution in [-0.2, 0) is 4.74 Å². The number of Topliss-reactive ketones (excluding diaryl/α,β-unsaturated/α-hetero) is 1. The van der Waals surface area contributed by atoms with E-state index in [0.29, 0.717) is 17.7 Å². The van der Waals surface area contributed by atoms with E-state index >= 15 is 0 Å². The molecule has 0 radical (unpaired) electrons. The van der Waals surface area contributed by atoms with Gasteiger partial charge in [-0.25, -0.2) is 0 Å². The van der Waals surface area contributed by atoms with Crippen LogP contribution in [0.4, 0.5) is 5.69 Å². The van der Waals surface area contributed by atoms with E-state index in [1.165, 1.54) is 13.3 Å². The Balaban J connectivity index is 2.08. The van der Waals surface area contributed by atoms with Crippen LogP contribution in [0, 0.1) is 11.3 Å². The number of carbonyl (C=O) groups excluding carboxylic acids is 1. The summed E-state index contributed by atoms with van der Waals surface area (Å²) < 4.78 is 5.64. The van der Waals surface area contributed by atoms with E-state index in [2.05, 4.69) is 11.4 Å². The SMILES string of the molecule is CC(=O)c1ccc(C#N)cc1NCC1CCCCO1. The molecule has 4 heteroatoms. The molecular formula is C15H18N2O2. The van der Waals surface area contributed by atoms with Gasteiger partial charge in [-0.05, 0) is 44.4 Å². The van der Waals surface area contributed by atoms with Gasteiger partial charge < -0.3 is 10.1 Å². The summed E-state index contributed by atoms with van der Waals surface area (Å²) >= 11 is 0. The zero-order chi connectivity index (χ0) is 13.7. The molecule has 1 saturated heterocycles. The van der Waals surface area contributed by atoms with Crippen molar-refractivity contribution in [2.24, 2.45) is 0 Å². The smallest absolute Gasteiger partial charge is 0.161 e. The Morgan fingerprint density at radius 2 is 2.37 bits per heavy atom. The quantitative estimate of drug-likeness (QED) is 0.843. The molecule has 1 fully saturated rings. The standard InChI is InChI=1S/C15H18N2O2/c1-11(18)14-6-5-12(9-16)8-15(14)17-10-13-4-2-3-7-19-13/h5-6,8,13,17H,2-4,7,10H2,1H3. The monoisotopic (exact) mass is 258 g/mol. The summed E-state index contributed by atoms with van der Waals surface area (Å²) in [5, 5.41) is 12.2. The Hall–Kier alpha value is -1.86. The van der Waals surface area contributed by atoms with E-state index in [9.17, 15) is 4.79 Å². The van der Waals surface area contributed by atoms with Crippen molar-refractivity contribution >= 4 is 11.5 Å². The molecule has 1 unspecified atom stereocenters. The first-order chi connectivity index (χ1) is 9.20. The van der Waals surface area contributed by atoms with Crippen molar-refractivity contribution in [3.05, 3.63) is 29.3 Å². The van der Waals surface area contributed by atoms with Crippen molar-refractivity contribution in [2.75, 3.05) is 18.5 Å². The van der Waals surface area contributed by atoms with Crippen molar-refractivity contribution in [1.29, 1.82) is 5.26 Å². The Bertz CT molecular complexity index is 499. The average Bonchev–Trinajstić information content (AvgIpc) is 2.45. The summed E-state index contributed by atoms with van der Waals surface area (Å²) in [4.78, 5) is 11.6. The van der Waals surface area contributed by atoms with Crippen LogP contribution in [0.25, 0.3) is 0 Å². The second-order valence-electron chi connectivity index (χ2n) is 4.80. The summed E-state index contributed by atoms with van der Waals surface area (Å²) in [5.41, 5.74) is 1.90. The van der Waals surface area contributed by atoms with Crippen molar-refractivity contribution < 1.29 is 9.53 Å². The van der Waals surface area contributed by atoms with Crippen molar-refractivity contribution in [3.63, 3.8) is 0 Å². The average molecular weight is 258 g/mol. The number of hydrogen-bond donors (Lipinski definition) is 1. The maximum atomic E-state index is 11.6. The molecule has 1 heterocycles. The van der Waals surface area contributed by atoms with E-state index in [-0.39, 0.29) is 11.9 Å². The Kier molecular flexibility index (Phi) is 4.53. The molecule has 1 aliphatic heterocycles. The zero-order valence-electron chi connectivity index (χ0n) is 11.1. The molecule has 1 aromatic carbocycles. The number of ether oxygens (including phenoxy) is 1. The summed E-state index contributed by atoms with van der Waals surface area (Å²) in [5.74, 6) is -0.00319. The number of nitrogens with one attached hydrogen (secondary N) is 1. The molecule has 2 rings (SSSR count). The maximum absolute atomic E-state index is 11.6. The first-order valence-electron chi connectivity index (χ1n) is 6.61. The summed E-state index contributed by atoms with van der Waals surface area (Å²) in [6.07, 6.45) is 3.54. The van der Waals surface area contributed by atoms with E-state index in [1.54, 1.807) is 18.2 Å². The molecule has 0 saturated carbocycles. The molecule has 0 bridgehead atoms. The molecule has 19 heavy (non-hydrogen) atoms. The number of nitriles is 1. The topological polar surface area (TPSA) is 62.1 Å². The molecule has 1 aromatic rings. The normalized spacial score (nSPS) is 18.6. The minimum Gasteiger partial charge on any atom is -0.382 e. The van der Waals surface area contributed by atoms with Crippen LogP contribution in [-0.4, -0.2) is 25.0 Å². The second kappa shape index (κ2) is 6.35. The third-order valence-corrected chi connectivity index (χ3v) is 3.32. The van der Waals surface area contributed by atoms with Crippen LogP contribution in [0.5, 0.6) is 0 Å². The van der Waals surface area contributed by atoms with Gasteiger partial charge in [0.15, 0.2) is 5.78 Å². The fraction of sp³-hybridized carbons (Fsp3) is 0.467. The number of ketones is 1. The maximum Gasteiger partial charge on any atom is 0.161 e. The van der Waals surface area contributed by atoms with Crippen molar-refractivity contribution in [3.8, 4) is 6.07 Å². The molecule has 1 aliphatic rings. The number of anilines is 1. The molecule has 4 nitrogen and oxygen atoms in total. The fourth-order valence-electron chi connectivity index (χ4n) is 2.26. The number of carbonyl (C=O) groups is 1. The number of nitrogens with zero attached hydrogens (tertiary/aromatic N) is 1. The summed E-state index contributed by atoms with van der Waals surface area (Å²) in [6.45, 7) is 3.02. The lowest BCUT2D eigenvalue weighted by Crippen LogP contribution is -2.27. The van der Waals surface area contributed by atoms with Gasteiger partial charge in [-0.1, -0.05) is 0 Å². The minimum atomic E-state index is -0.00319. The lowest BCUT2D eigenvalue weighted by molar-refractivity contribution is 0.0247. The predicted octanol–water partition coefficient (Wildman–Crippen LogP) is 2.74. The van der Waals surface area contributed by atoms with Gasteiger partial charge in [0.25, 0.3) is 0 Å². The van der Waals surface area contributed by atoms with E-state index in [0.717, 1.165) is 25.1 Å². The van der Waals surface area contributed by atoms with Gasteiger partial charge in [-0.2, -0.15) is 5.26 Å². The highest BCUT2D eigenvalue weighted by Gasteiger charge is 2.15. The number of hydrogen-bond acceptors (Lipinski definition) is 4. The zero-order valence-corrected chi connectivity index (χ0v) is 11.1. The van der Waals surface area contributed by atoms with Gasteiger partial charge in [0, 0.05) is 24.4 Å². The molecule has 0 aliphatic carbocycles. The lowest BCUT2D eigenvalue weighted by Gasteiger charge is -2.23. The van der Waals surface area contributed by atoms with E-state index in [1.807, 2.05) is 0 Å². The van der Waals surface area contributed by atoms with Crippen molar-refractivity contribution in [1.82, 2.24) is 0 Å². The first kappa shape index (κ1) is 13.6. The third-order valence-electron chi connectivity index (χ3n) is 3.32. The minimum absolute atomic E-state index is 0.00319. The van der Waals surface area contributed by atoms with Gasteiger partial charge in [0.2, 0.25) is 0 Å². The molecule has 1 N–H and O–H groups in total. The molecular weight excluding hydrogens is 240 g/mol. The van der Waals surface area contributed by atoms with Crippen LogP contribution in [0.3, 0.4) is 0 Å². The Labute approximate surface area is 113 Å². The van der Waals surface area contributed by atoms with Gasteiger partial charge in [0.1, 0.15) is 0 Å². The molecule has 0 amide bonds. The van der Waals surface area contributed by atoms with Crippen molar-refractivity contribution in [2.45, 2.75) is 32.3 Å². The van der Waals surface area contributed by atoms with E-state index < -0.39 is 0 Å². The number of rotatable bonds is 4. The fourth-order valence-corrected chi connectivity index (χ4v) is 2.26. The largest absolute Gasteiger partial charge is 0.382 e. The predicted molar refractivity (Wildman–Crippen MR) is 73.2 cm³/mol. The second-order valence-corrected chi connectivity index (χ2v) is 4.80. The van der Waals surface area contributed by atoms with Crippen LogP contribution >= 0.6 is 0 Å². The third kappa shape index (κ3) is 3.55. The summed E-state index contributed by atoms with van der Waals surface area (Å²) in [6, 6.07) is 7.18. The van der Waals surface area contributed by atoms with Crippen LogP contribution < -0.4 is 5.32 Å². The lowest BCUT2D eigenvalue weighted by atomic mass is 10.1. The van der Waals surface area contributed by atoms with Crippen LogP contribution in [0.1, 0.15) is 42.1 Å². The molecule has 0 aromatic heterocycles. The number of benzene rings is 1. The molecule has 0 spiro atoms. The Morgan fingerprint density at radius 3 is 3.00 bits per heavy atom. The highest BCUT2D eigenvalue weighted by molar-refractivity contribution is 5.99. The van der Waals surface area contributed by atoms with Crippen LogP contribution in [0.2, 0.25) is 0 Å². The first-order valence-corrected chi connectivity index (χ1v) is 6.61. The Morgan fingerprint density at radius 1 is 1.53 bits per heavy atom.